The Kier molecular flexibility index (Phi) is 5.29. The number of amides is 1. The number of phenols is 1. The van der Waals surface area contributed by atoms with Gasteiger partial charge in [0.25, 0.3) is 0 Å². The average molecular weight is 411 g/mol. The van der Waals surface area contributed by atoms with Crippen LogP contribution in [0, 0.1) is 0 Å². The molecule has 0 aromatic heterocycles. The highest BCUT2D eigenvalue weighted by Gasteiger charge is 2.76. The highest BCUT2D eigenvalue weighted by Crippen LogP contribution is 2.46. The lowest BCUT2D eigenvalue weighted by Gasteiger charge is -2.26. The quantitative estimate of drug-likeness (QED) is 0.453. The van der Waals surface area contributed by atoms with Gasteiger partial charge in [0.15, 0.2) is 0 Å². The number of aromatic hydroxyl groups is 1. The van der Waals surface area contributed by atoms with E-state index in [2.05, 4.69) is 21.0 Å². The van der Waals surface area contributed by atoms with Crippen LogP contribution in [0.5, 0.6) is 5.75 Å². The van der Waals surface area contributed by atoms with Crippen molar-refractivity contribution < 1.29 is 40.6 Å². The Morgan fingerprint density at radius 2 is 1.74 bits per heavy atom. The Labute approximate surface area is 132 Å². The second kappa shape index (κ2) is 6.34. The largest absolute Gasteiger partial charge is 0.507 e. The van der Waals surface area contributed by atoms with Crippen LogP contribution in [0.4, 0.5) is 30.7 Å². The second-order valence-corrected chi connectivity index (χ2v) is 4.96. The Morgan fingerprint density at radius 3 is 2.26 bits per heavy atom. The number of benzene rings is 1. The molecule has 0 spiro atoms. The molecular formula is C11H6BrF7N2O2. The Morgan fingerprint density at radius 1 is 1.17 bits per heavy atom. The third kappa shape index (κ3) is 3.92. The number of halogens is 8. The molecule has 0 aliphatic rings. The second-order valence-electron chi connectivity index (χ2n) is 4.05. The van der Waals surface area contributed by atoms with E-state index in [1.54, 1.807) is 0 Å². The zero-order chi connectivity index (χ0) is 18.1. The summed E-state index contributed by atoms with van der Waals surface area (Å²) in [6.45, 7) is 0. The summed E-state index contributed by atoms with van der Waals surface area (Å²) in [5.41, 5.74) is 0.751. The van der Waals surface area contributed by atoms with Crippen LogP contribution in [0.15, 0.2) is 27.8 Å². The fourth-order valence-electron chi connectivity index (χ4n) is 1.18. The minimum absolute atomic E-state index is 0.120. The lowest BCUT2D eigenvalue weighted by atomic mass is 10.1. The summed E-state index contributed by atoms with van der Waals surface area (Å²) in [6.07, 6.45) is -6.04. The molecule has 0 radical (unpaired) electrons. The van der Waals surface area contributed by atoms with Gasteiger partial charge in [-0.25, -0.2) is 5.43 Å². The molecule has 0 saturated carbocycles. The van der Waals surface area contributed by atoms with Gasteiger partial charge in [-0.1, -0.05) is 15.9 Å². The van der Waals surface area contributed by atoms with Crippen molar-refractivity contribution in [1.29, 1.82) is 0 Å². The van der Waals surface area contributed by atoms with E-state index in [-0.39, 0.29) is 5.56 Å². The molecule has 0 aliphatic heterocycles. The van der Waals surface area contributed by atoms with Crippen LogP contribution in [-0.2, 0) is 4.79 Å². The van der Waals surface area contributed by atoms with Crippen molar-refractivity contribution in [2.24, 2.45) is 5.10 Å². The van der Waals surface area contributed by atoms with Gasteiger partial charge in [-0.3, -0.25) is 4.79 Å². The number of nitrogens with zero attached hydrogens (tertiary/aromatic N) is 1. The fraction of sp³-hybridized carbons (Fsp3) is 0.273. The summed E-state index contributed by atoms with van der Waals surface area (Å²) in [5.74, 6) is -16.0. The molecule has 0 aliphatic carbocycles. The van der Waals surface area contributed by atoms with Crippen LogP contribution in [-0.4, -0.2) is 35.2 Å². The lowest BCUT2D eigenvalue weighted by molar-refractivity contribution is -0.344. The first-order chi connectivity index (χ1) is 10.3. The highest BCUT2D eigenvalue weighted by molar-refractivity contribution is 9.10. The van der Waals surface area contributed by atoms with Crippen molar-refractivity contribution in [1.82, 2.24) is 5.43 Å². The predicted molar refractivity (Wildman–Crippen MR) is 67.5 cm³/mol. The van der Waals surface area contributed by atoms with Gasteiger partial charge in [0.05, 0.1) is 6.21 Å². The standard InChI is InChI=1S/C11H6BrF7N2O2/c12-6-1-2-7(22)5(3-6)4-20-21-8(23)9(13,14)10(15,16)11(17,18)19/h1-4,22H,(H,21,23). The summed E-state index contributed by atoms with van der Waals surface area (Å²) < 4.78 is 87.2. The molecule has 0 heterocycles. The maximum atomic E-state index is 12.9. The van der Waals surface area contributed by atoms with Crippen LogP contribution in [0.2, 0.25) is 0 Å². The first-order valence-corrected chi connectivity index (χ1v) is 6.24. The molecule has 1 aromatic rings. The molecule has 1 amide bonds. The summed E-state index contributed by atoms with van der Waals surface area (Å²) in [7, 11) is 0. The number of nitrogens with one attached hydrogen (secondary N) is 1. The Hall–Kier alpha value is -1.85. The van der Waals surface area contributed by atoms with Gasteiger partial charge in [-0.2, -0.15) is 35.8 Å². The van der Waals surface area contributed by atoms with Gasteiger partial charge in [0.1, 0.15) is 5.75 Å². The summed E-state index contributed by atoms with van der Waals surface area (Å²) in [6, 6.07) is 3.76. The van der Waals surface area contributed by atoms with Crippen LogP contribution >= 0.6 is 15.9 Å². The maximum absolute atomic E-state index is 12.9. The molecule has 128 valence electrons. The van der Waals surface area contributed by atoms with Gasteiger partial charge >= 0.3 is 23.9 Å². The first-order valence-electron chi connectivity index (χ1n) is 5.45. The molecule has 4 nitrogen and oxygen atoms in total. The minimum atomic E-state index is -6.62. The van der Waals surface area contributed by atoms with Crippen LogP contribution in [0.1, 0.15) is 5.56 Å². The van der Waals surface area contributed by atoms with Crippen molar-refractivity contribution in [2.75, 3.05) is 0 Å². The van der Waals surface area contributed by atoms with Gasteiger partial charge < -0.3 is 5.11 Å². The zero-order valence-corrected chi connectivity index (χ0v) is 12.2. The minimum Gasteiger partial charge on any atom is -0.507 e. The molecule has 1 rings (SSSR count). The van der Waals surface area contributed by atoms with Gasteiger partial charge in [0.2, 0.25) is 0 Å². The third-order valence-corrected chi connectivity index (χ3v) is 2.89. The van der Waals surface area contributed by atoms with Crippen molar-refractivity contribution in [3.8, 4) is 5.75 Å². The van der Waals surface area contributed by atoms with E-state index >= 15 is 0 Å². The van der Waals surface area contributed by atoms with Gasteiger partial charge in [-0.05, 0) is 18.2 Å². The first kappa shape index (κ1) is 19.2. The van der Waals surface area contributed by atoms with E-state index in [9.17, 15) is 40.6 Å². The monoisotopic (exact) mass is 410 g/mol. The topological polar surface area (TPSA) is 61.7 Å². The van der Waals surface area contributed by atoms with E-state index in [4.69, 9.17) is 0 Å². The Bertz CT molecular complexity index is 631. The summed E-state index contributed by atoms with van der Waals surface area (Å²) in [4.78, 5) is 10.9. The molecule has 23 heavy (non-hydrogen) atoms. The smallest absolute Gasteiger partial charge is 0.460 e. The molecule has 0 saturated heterocycles. The molecule has 1 aromatic carbocycles. The maximum Gasteiger partial charge on any atom is 0.460 e. The Balaban J connectivity index is 2.91. The number of hydrogen-bond acceptors (Lipinski definition) is 3. The van der Waals surface area contributed by atoms with E-state index in [1.165, 1.54) is 12.1 Å². The van der Waals surface area contributed by atoms with E-state index in [1.807, 2.05) is 0 Å². The molecular weight excluding hydrogens is 405 g/mol. The van der Waals surface area contributed by atoms with E-state index < -0.39 is 29.7 Å². The molecule has 2 N–H and O–H groups in total. The van der Waals surface area contributed by atoms with Crippen LogP contribution < -0.4 is 5.43 Å². The van der Waals surface area contributed by atoms with E-state index in [0.717, 1.165) is 11.5 Å². The third-order valence-electron chi connectivity index (χ3n) is 2.39. The number of carbonyl (C=O) groups excluding carboxylic acids is 1. The van der Waals surface area contributed by atoms with Crippen molar-refractivity contribution in [2.45, 2.75) is 18.0 Å². The number of rotatable bonds is 4. The van der Waals surface area contributed by atoms with Crippen molar-refractivity contribution in [3.63, 3.8) is 0 Å². The highest BCUT2D eigenvalue weighted by atomic mass is 79.9. The van der Waals surface area contributed by atoms with Gasteiger partial charge in [0, 0.05) is 10.0 Å². The molecule has 12 heteroatoms. The number of alkyl halides is 7. The number of phenolic OH excluding ortho intramolecular Hbond substituents is 1. The van der Waals surface area contributed by atoms with Crippen molar-refractivity contribution in [3.05, 3.63) is 28.2 Å². The molecule has 0 bridgehead atoms. The van der Waals surface area contributed by atoms with Crippen LogP contribution in [0.25, 0.3) is 0 Å². The molecule has 0 atom stereocenters. The van der Waals surface area contributed by atoms with Gasteiger partial charge in [-0.15, -0.1) is 0 Å². The normalized spacial score (nSPS) is 13.4. The lowest BCUT2D eigenvalue weighted by Crippen LogP contribution is -2.58. The number of carbonyl (C=O) groups is 1. The SMILES string of the molecule is O=C(NN=Cc1cc(Br)ccc1O)C(F)(F)C(F)(F)C(F)(F)F. The fourth-order valence-corrected chi connectivity index (χ4v) is 1.56. The van der Waals surface area contributed by atoms with Crippen molar-refractivity contribution >= 4 is 28.1 Å². The summed E-state index contributed by atoms with van der Waals surface area (Å²) in [5, 5.41) is 12.2. The van der Waals surface area contributed by atoms with E-state index in [0.29, 0.717) is 10.7 Å². The number of hydrazone groups is 1. The number of hydrogen-bond donors (Lipinski definition) is 2. The average Bonchev–Trinajstić information content (AvgIpc) is 2.41. The predicted octanol–water partition coefficient (Wildman–Crippen LogP) is 3.44. The molecule has 0 unspecified atom stereocenters. The van der Waals surface area contributed by atoms with Crippen LogP contribution in [0.3, 0.4) is 0 Å². The molecule has 0 fully saturated rings. The zero-order valence-electron chi connectivity index (χ0n) is 10.6. The summed E-state index contributed by atoms with van der Waals surface area (Å²) >= 11 is 2.99.